The summed E-state index contributed by atoms with van der Waals surface area (Å²) in [7, 11) is 0. The van der Waals surface area contributed by atoms with Crippen LogP contribution in [0.25, 0.3) is 0 Å². The third kappa shape index (κ3) is 4.58. The zero-order chi connectivity index (χ0) is 18.4. The molecule has 0 unspecified atom stereocenters. The number of amides is 1. The van der Waals surface area contributed by atoms with E-state index >= 15 is 0 Å². The predicted octanol–water partition coefficient (Wildman–Crippen LogP) is 2.43. The number of carbonyl (C=O) groups is 1. The number of benzene rings is 2. The standard InChI is InChI=1S/C19H21N3O4/c23-19(16-5-2-1-3-6-16)21-11-9-20(10-12-21)13-14-26-18-8-4-7-17(15-18)22(24)25/h1-8,15H,9-14H2. The van der Waals surface area contributed by atoms with Crippen molar-refractivity contribution in [3.63, 3.8) is 0 Å². The monoisotopic (exact) mass is 355 g/mol. The van der Waals surface area contributed by atoms with Crippen molar-refractivity contribution in [2.45, 2.75) is 0 Å². The number of carbonyl (C=O) groups excluding carboxylic acids is 1. The number of ether oxygens (including phenoxy) is 1. The summed E-state index contributed by atoms with van der Waals surface area (Å²) in [5.74, 6) is 0.565. The van der Waals surface area contributed by atoms with Crippen LogP contribution in [0, 0.1) is 10.1 Å². The second-order valence-corrected chi connectivity index (χ2v) is 6.10. The quantitative estimate of drug-likeness (QED) is 0.588. The number of nitro benzene ring substituents is 1. The number of hydrogen-bond acceptors (Lipinski definition) is 5. The minimum Gasteiger partial charge on any atom is -0.492 e. The van der Waals surface area contributed by atoms with E-state index in [0.717, 1.165) is 25.2 Å². The summed E-state index contributed by atoms with van der Waals surface area (Å²) in [5, 5.41) is 10.8. The van der Waals surface area contributed by atoms with Crippen molar-refractivity contribution in [3.8, 4) is 5.75 Å². The Hall–Kier alpha value is -2.93. The normalized spacial score (nSPS) is 14.8. The van der Waals surface area contributed by atoms with Crippen LogP contribution >= 0.6 is 0 Å². The maximum atomic E-state index is 12.4. The summed E-state index contributed by atoms with van der Waals surface area (Å²) >= 11 is 0. The molecule has 7 heteroatoms. The Bertz CT molecular complexity index is 758. The molecule has 1 aliphatic heterocycles. The molecular weight excluding hydrogens is 334 g/mol. The molecule has 0 aromatic heterocycles. The Morgan fingerprint density at radius 3 is 2.46 bits per heavy atom. The largest absolute Gasteiger partial charge is 0.492 e. The molecule has 1 aliphatic rings. The SMILES string of the molecule is O=C(c1ccccc1)N1CCN(CCOc2cccc([N+](=O)[O-])c2)CC1. The van der Waals surface area contributed by atoms with Gasteiger partial charge in [0.25, 0.3) is 11.6 Å². The molecule has 1 saturated heterocycles. The third-order valence-corrected chi connectivity index (χ3v) is 4.38. The molecule has 1 amide bonds. The van der Waals surface area contributed by atoms with E-state index in [0.29, 0.717) is 25.4 Å². The Kier molecular flexibility index (Phi) is 5.80. The van der Waals surface area contributed by atoms with E-state index in [1.807, 2.05) is 35.2 Å². The predicted molar refractivity (Wildman–Crippen MR) is 97.4 cm³/mol. The van der Waals surface area contributed by atoms with Gasteiger partial charge in [0.1, 0.15) is 12.4 Å². The van der Waals surface area contributed by atoms with E-state index in [2.05, 4.69) is 4.90 Å². The summed E-state index contributed by atoms with van der Waals surface area (Å²) in [5.41, 5.74) is 0.741. The van der Waals surface area contributed by atoms with Gasteiger partial charge in [-0.2, -0.15) is 0 Å². The molecule has 3 rings (SSSR count). The van der Waals surface area contributed by atoms with Gasteiger partial charge < -0.3 is 9.64 Å². The van der Waals surface area contributed by atoms with Crippen molar-refractivity contribution in [3.05, 3.63) is 70.3 Å². The molecule has 0 spiro atoms. The lowest BCUT2D eigenvalue weighted by molar-refractivity contribution is -0.384. The molecule has 0 aliphatic carbocycles. The molecular formula is C19H21N3O4. The van der Waals surface area contributed by atoms with Crippen LogP contribution in [0.2, 0.25) is 0 Å². The van der Waals surface area contributed by atoms with E-state index < -0.39 is 4.92 Å². The van der Waals surface area contributed by atoms with Gasteiger partial charge in [0.15, 0.2) is 0 Å². The molecule has 0 saturated carbocycles. The average molecular weight is 355 g/mol. The number of hydrogen-bond donors (Lipinski definition) is 0. The number of nitro groups is 1. The van der Waals surface area contributed by atoms with Crippen molar-refractivity contribution in [1.29, 1.82) is 0 Å². The van der Waals surface area contributed by atoms with Crippen molar-refractivity contribution in [2.24, 2.45) is 0 Å². The van der Waals surface area contributed by atoms with Crippen LogP contribution in [0.1, 0.15) is 10.4 Å². The minimum absolute atomic E-state index is 0.0236. The van der Waals surface area contributed by atoms with Gasteiger partial charge in [-0.15, -0.1) is 0 Å². The second kappa shape index (κ2) is 8.44. The first-order valence-electron chi connectivity index (χ1n) is 8.57. The lowest BCUT2D eigenvalue weighted by Gasteiger charge is -2.34. The molecule has 7 nitrogen and oxygen atoms in total. The molecule has 26 heavy (non-hydrogen) atoms. The van der Waals surface area contributed by atoms with Gasteiger partial charge >= 0.3 is 0 Å². The fraction of sp³-hybridized carbons (Fsp3) is 0.316. The van der Waals surface area contributed by atoms with Gasteiger partial charge in [0.2, 0.25) is 0 Å². The minimum atomic E-state index is -0.435. The van der Waals surface area contributed by atoms with E-state index in [1.165, 1.54) is 12.1 Å². The van der Waals surface area contributed by atoms with Crippen LogP contribution in [0.4, 0.5) is 5.69 Å². The zero-order valence-electron chi connectivity index (χ0n) is 14.4. The number of nitrogens with zero attached hydrogens (tertiary/aromatic N) is 3. The van der Waals surface area contributed by atoms with Gasteiger partial charge in [-0.3, -0.25) is 19.8 Å². The smallest absolute Gasteiger partial charge is 0.273 e. The van der Waals surface area contributed by atoms with E-state index in [9.17, 15) is 14.9 Å². The highest BCUT2D eigenvalue weighted by Gasteiger charge is 2.21. The van der Waals surface area contributed by atoms with Crippen LogP contribution in [0.15, 0.2) is 54.6 Å². The van der Waals surface area contributed by atoms with Crippen LogP contribution in [-0.2, 0) is 0 Å². The topological polar surface area (TPSA) is 75.9 Å². The fourth-order valence-electron chi connectivity index (χ4n) is 2.92. The first-order chi connectivity index (χ1) is 12.6. The highest BCUT2D eigenvalue weighted by atomic mass is 16.6. The Labute approximate surface area is 151 Å². The molecule has 1 fully saturated rings. The van der Waals surface area contributed by atoms with Crippen molar-refractivity contribution >= 4 is 11.6 Å². The molecule has 0 atom stereocenters. The van der Waals surface area contributed by atoms with Crippen molar-refractivity contribution < 1.29 is 14.5 Å². The zero-order valence-corrected chi connectivity index (χ0v) is 14.4. The maximum absolute atomic E-state index is 12.4. The van der Waals surface area contributed by atoms with Gasteiger partial charge in [-0.25, -0.2) is 0 Å². The second-order valence-electron chi connectivity index (χ2n) is 6.10. The number of non-ortho nitro benzene ring substituents is 1. The molecule has 2 aromatic carbocycles. The lowest BCUT2D eigenvalue weighted by atomic mass is 10.2. The van der Waals surface area contributed by atoms with Crippen LogP contribution in [0.5, 0.6) is 5.75 Å². The summed E-state index contributed by atoms with van der Waals surface area (Å²) in [4.78, 5) is 26.9. The molecule has 1 heterocycles. The molecule has 2 aromatic rings. The summed E-state index contributed by atoms with van der Waals surface area (Å²) in [6.07, 6.45) is 0. The first-order valence-corrected chi connectivity index (χ1v) is 8.57. The summed E-state index contributed by atoms with van der Waals surface area (Å²) in [6.45, 7) is 4.12. The van der Waals surface area contributed by atoms with Gasteiger partial charge in [-0.05, 0) is 18.2 Å². The van der Waals surface area contributed by atoms with Crippen molar-refractivity contribution in [2.75, 3.05) is 39.3 Å². The van der Waals surface area contributed by atoms with E-state index in [1.54, 1.807) is 12.1 Å². The Morgan fingerprint density at radius 1 is 1.04 bits per heavy atom. The Morgan fingerprint density at radius 2 is 1.77 bits per heavy atom. The summed E-state index contributed by atoms with van der Waals surface area (Å²) < 4.78 is 5.62. The Balaban J connectivity index is 1.42. The molecule has 0 N–H and O–H groups in total. The highest BCUT2D eigenvalue weighted by molar-refractivity contribution is 5.94. The number of piperazine rings is 1. The van der Waals surface area contributed by atoms with Gasteiger partial charge in [-0.1, -0.05) is 24.3 Å². The molecule has 136 valence electrons. The first kappa shape index (κ1) is 17.9. The average Bonchev–Trinajstić information content (AvgIpc) is 2.69. The van der Waals surface area contributed by atoms with Gasteiger partial charge in [0, 0.05) is 44.4 Å². The highest BCUT2D eigenvalue weighted by Crippen LogP contribution is 2.19. The van der Waals surface area contributed by atoms with E-state index in [-0.39, 0.29) is 11.6 Å². The summed E-state index contributed by atoms with van der Waals surface area (Å²) in [6, 6.07) is 15.5. The van der Waals surface area contributed by atoms with Crippen LogP contribution in [0.3, 0.4) is 0 Å². The van der Waals surface area contributed by atoms with Crippen LogP contribution < -0.4 is 4.74 Å². The molecule has 0 bridgehead atoms. The fourth-order valence-corrected chi connectivity index (χ4v) is 2.92. The van der Waals surface area contributed by atoms with Gasteiger partial charge in [0.05, 0.1) is 11.0 Å². The van der Waals surface area contributed by atoms with Crippen LogP contribution in [-0.4, -0.2) is 60.0 Å². The third-order valence-electron chi connectivity index (χ3n) is 4.38. The van der Waals surface area contributed by atoms with Crippen molar-refractivity contribution in [1.82, 2.24) is 9.80 Å². The maximum Gasteiger partial charge on any atom is 0.273 e. The molecule has 0 radical (unpaired) electrons. The number of rotatable bonds is 6. The lowest BCUT2D eigenvalue weighted by Crippen LogP contribution is -2.49. The van der Waals surface area contributed by atoms with E-state index in [4.69, 9.17) is 4.74 Å².